The van der Waals surface area contributed by atoms with Crippen molar-refractivity contribution in [1.82, 2.24) is 4.90 Å². The summed E-state index contributed by atoms with van der Waals surface area (Å²) in [5, 5.41) is 23.9. The molecule has 5 rings (SSSR count). The maximum Gasteiger partial charge on any atom is 0.355 e. The highest BCUT2D eigenvalue weighted by Gasteiger charge is 2.59. The van der Waals surface area contributed by atoms with Crippen molar-refractivity contribution in [2.45, 2.75) is 167 Å². The highest BCUT2D eigenvalue weighted by Crippen LogP contribution is 2.41. The number of ether oxygens (including phenoxy) is 6. The Bertz CT molecular complexity index is 1670. The number of rotatable bonds is 8. The van der Waals surface area contributed by atoms with Crippen LogP contribution in [0.15, 0.2) is 28.3 Å². The lowest BCUT2D eigenvalue weighted by atomic mass is 9.81. The number of methoxy groups -OCH3 is 2. The standard InChI is InChI=1S/C46H70N2O13/c1-9-58-39(51)26-59-34-14-12-32(13-15-34)23-29(4)40-31(6)35(49)25-36(50)33-16-18-47-45(44(54)60-40)17-10-11-19-48(45)43(53)42(52)46(55)30(5)24-38(57-8)41(61-46)37(56-7)22-28(3)20-27(2)21-33/h16,18,23,27-28,30-32,34-35,37-38,40-41,49,55H,9-15,17,19-22,24-26H2,1-8H3/b29-23?,33-16-,47-18?. The van der Waals surface area contributed by atoms with Gasteiger partial charge < -0.3 is 43.5 Å². The first-order valence-corrected chi connectivity index (χ1v) is 22.4. The van der Waals surface area contributed by atoms with E-state index in [0.29, 0.717) is 56.1 Å². The number of nitrogens with zero attached hydrogens (tertiary/aromatic N) is 2. The number of aliphatic hydroxyl groups is 2. The molecule has 0 aromatic rings. The minimum absolute atomic E-state index is 0.00355. The summed E-state index contributed by atoms with van der Waals surface area (Å²) in [4.78, 5) is 76.1. The van der Waals surface area contributed by atoms with Gasteiger partial charge in [-0.3, -0.25) is 19.4 Å². The molecule has 3 fully saturated rings. The molecule has 5 aliphatic rings. The van der Waals surface area contributed by atoms with E-state index in [1.807, 2.05) is 19.9 Å². The number of cyclic esters (lactones) is 1. The highest BCUT2D eigenvalue weighted by molar-refractivity contribution is 6.39. The molecule has 1 saturated carbocycles. The van der Waals surface area contributed by atoms with Gasteiger partial charge in [-0.05, 0) is 113 Å². The van der Waals surface area contributed by atoms with E-state index in [9.17, 15) is 34.2 Å². The van der Waals surface area contributed by atoms with E-state index in [1.54, 1.807) is 26.8 Å². The minimum Gasteiger partial charge on any atom is -0.464 e. The maximum atomic E-state index is 15.0. The summed E-state index contributed by atoms with van der Waals surface area (Å²) in [6.07, 6.45) is 5.81. The molecule has 61 heavy (non-hydrogen) atoms. The van der Waals surface area contributed by atoms with E-state index in [2.05, 4.69) is 6.92 Å². The Morgan fingerprint density at radius 2 is 1.66 bits per heavy atom. The van der Waals surface area contributed by atoms with Crippen LogP contribution < -0.4 is 0 Å². The molecule has 15 heteroatoms. The number of piperidine rings is 1. The van der Waals surface area contributed by atoms with Gasteiger partial charge in [0, 0.05) is 51.7 Å². The fraction of sp³-hybridized carbons (Fsp3) is 0.783. The molecule has 11 atom stereocenters. The SMILES string of the molecule is CCOC(=O)COC1CCC(C=C(C)C2OC(=O)C34CCCCN3C(=O)C(=O)C3(O)OC(C(OC)CC(C)CC(C)C/C(=C/C=N4)C(=O)CC(O)C2C)C(OC)CC3C)CC1. The zero-order chi connectivity index (χ0) is 44.6. The van der Waals surface area contributed by atoms with Crippen molar-refractivity contribution >= 4 is 35.6 Å². The molecule has 4 bridgehead atoms. The van der Waals surface area contributed by atoms with Crippen LogP contribution in [0.1, 0.15) is 119 Å². The van der Waals surface area contributed by atoms with Crippen LogP contribution >= 0.6 is 0 Å². The van der Waals surface area contributed by atoms with Gasteiger partial charge in [0.1, 0.15) is 18.8 Å². The number of carbonyl (C=O) groups excluding carboxylic acids is 5. The summed E-state index contributed by atoms with van der Waals surface area (Å²) in [5.41, 5.74) is -0.965. The van der Waals surface area contributed by atoms with Crippen molar-refractivity contribution in [2.75, 3.05) is 34.0 Å². The normalized spacial score (nSPS) is 39.6. The Hall–Kier alpha value is -3.34. The smallest absolute Gasteiger partial charge is 0.355 e. The van der Waals surface area contributed by atoms with Crippen LogP contribution in [0.3, 0.4) is 0 Å². The zero-order valence-corrected chi connectivity index (χ0v) is 37.5. The number of aliphatic imine (C=N–C) groups is 1. The van der Waals surface area contributed by atoms with Crippen molar-refractivity contribution in [1.29, 1.82) is 0 Å². The third-order valence-corrected chi connectivity index (χ3v) is 13.7. The van der Waals surface area contributed by atoms with E-state index >= 15 is 0 Å². The van der Waals surface area contributed by atoms with E-state index in [0.717, 1.165) is 17.7 Å². The second-order valence-corrected chi connectivity index (χ2v) is 18.3. The molecule has 342 valence electrons. The number of fused-ring (bicyclic) bond motifs is 3. The van der Waals surface area contributed by atoms with E-state index in [4.69, 9.17) is 33.4 Å². The van der Waals surface area contributed by atoms with Gasteiger partial charge in [0.25, 0.3) is 11.7 Å². The number of amides is 1. The molecule has 2 N–H and O–H groups in total. The first-order chi connectivity index (χ1) is 29.0. The van der Waals surface area contributed by atoms with Gasteiger partial charge in [-0.25, -0.2) is 9.59 Å². The molecule has 0 aromatic carbocycles. The van der Waals surface area contributed by atoms with Crippen LogP contribution in [0.5, 0.6) is 0 Å². The predicted octanol–water partition coefficient (Wildman–Crippen LogP) is 4.83. The van der Waals surface area contributed by atoms with Gasteiger partial charge in [0.2, 0.25) is 11.4 Å². The molecule has 0 aromatic heterocycles. The minimum atomic E-state index is -2.57. The molecule has 0 radical (unpaired) electrons. The summed E-state index contributed by atoms with van der Waals surface area (Å²) < 4.78 is 35.2. The Labute approximate surface area is 360 Å². The number of hydrogen-bond donors (Lipinski definition) is 2. The lowest BCUT2D eigenvalue weighted by molar-refractivity contribution is -0.302. The summed E-state index contributed by atoms with van der Waals surface area (Å²) in [6, 6.07) is 0. The molecule has 1 aliphatic carbocycles. The Balaban J connectivity index is 1.56. The first kappa shape index (κ1) is 48.7. The molecule has 1 amide bonds. The van der Waals surface area contributed by atoms with Crippen LogP contribution in [0.4, 0.5) is 0 Å². The molecule has 2 saturated heterocycles. The van der Waals surface area contributed by atoms with Crippen LogP contribution in [0.25, 0.3) is 0 Å². The zero-order valence-electron chi connectivity index (χ0n) is 37.5. The van der Waals surface area contributed by atoms with Gasteiger partial charge in [-0.1, -0.05) is 33.8 Å². The fourth-order valence-corrected chi connectivity index (χ4v) is 10.1. The average molecular weight is 859 g/mol. The van der Waals surface area contributed by atoms with Crippen LogP contribution in [0, 0.1) is 29.6 Å². The largest absolute Gasteiger partial charge is 0.464 e. The molecule has 15 nitrogen and oxygen atoms in total. The number of Topliss-reactive ketones (excluding diaryl/α,β-unsaturated/α-hetero) is 2. The van der Waals surface area contributed by atoms with Gasteiger partial charge in [-0.2, -0.15) is 0 Å². The van der Waals surface area contributed by atoms with E-state index in [-0.39, 0.29) is 68.7 Å². The van der Waals surface area contributed by atoms with Gasteiger partial charge >= 0.3 is 11.9 Å². The Kier molecular flexibility index (Phi) is 17.0. The second kappa shape index (κ2) is 21.4. The van der Waals surface area contributed by atoms with Crippen LogP contribution in [0.2, 0.25) is 0 Å². The third-order valence-electron chi connectivity index (χ3n) is 13.7. The van der Waals surface area contributed by atoms with Crippen molar-refractivity contribution in [3.63, 3.8) is 0 Å². The number of carbonyl (C=O) groups is 5. The summed E-state index contributed by atoms with van der Waals surface area (Å²) in [6.45, 7) is 11.2. The van der Waals surface area contributed by atoms with E-state index < -0.39 is 77.4 Å². The third kappa shape index (κ3) is 11.3. The van der Waals surface area contributed by atoms with Crippen molar-refractivity contribution in [3.8, 4) is 0 Å². The maximum absolute atomic E-state index is 15.0. The van der Waals surface area contributed by atoms with Crippen molar-refractivity contribution < 1.29 is 62.6 Å². The van der Waals surface area contributed by atoms with Crippen LogP contribution in [-0.4, -0.2) is 133 Å². The highest BCUT2D eigenvalue weighted by atomic mass is 16.7. The molecule has 4 heterocycles. The lowest BCUT2D eigenvalue weighted by Gasteiger charge is -2.48. The van der Waals surface area contributed by atoms with Crippen molar-refractivity contribution in [3.05, 3.63) is 23.3 Å². The molecule has 1 spiro atoms. The summed E-state index contributed by atoms with van der Waals surface area (Å²) in [7, 11) is 3.06. The van der Waals surface area contributed by atoms with Crippen molar-refractivity contribution in [2.24, 2.45) is 34.6 Å². The first-order valence-electron chi connectivity index (χ1n) is 22.4. The molecule has 4 aliphatic heterocycles. The summed E-state index contributed by atoms with van der Waals surface area (Å²) in [5.74, 6) is -8.04. The average Bonchev–Trinajstić information content (AvgIpc) is 3.23. The monoisotopic (exact) mass is 858 g/mol. The Morgan fingerprint density at radius 3 is 2.33 bits per heavy atom. The number of allylic oxidation sites excluding steroid dienone is 3. The quantitative estimate of drug-likeness (QED) is 0.192. The van der Waals surface area contributed by atoms with Gasteiger partial charge in [-0.15, -0.1) is 0 Å². The number of esters is 2. The lowest BCUT2D eigenvalue weighted by Crippen LogP contribution is -2.67. The van der Waals surface area contributed by atoms with Crippen LogP contribution in [-0.2, 0) is 52.4 Å². The molecule has 11 unspecified atom stereocenters. The molecular formula is C46H70N2O13. The van der Waals surface area contributed by atoms with Gasteiger partial charge in [0.05, 0.1) is 31.0 Å². The van der Waals surface area contributed by atoms with E-state index in [1.165, 1.54) is 20.4 Å². The number of hydrogen-bond acceptors (Lipinski definition) is 14. The number of ketones is 2. The summed E-state index contributed by atoms with van der Waals surface area (Å²) >= 11 is 0. The fourth-order valence-electron chi connectivity index (χ4n) is 10.1. The topological polar surface area (TPSA) is 197 Å². The van der Waals surface area contributed by atoms with Gasteiger partial charge in [0.15, 0.2) is 5.78 Å². The second-order valence-electron chi connectivity index (χ2n) is 18.3. The molecular weight excluding hydrogens is 789 g/mol. The Morgan fingerprint density at radius 1 is 0.967 bits per heavy atom. The number of aliphatic hydroxyl groups excluding tert-OH is 1. The predicted molar refractivity (Wildman–Crippen MR) is 224 cm³/mol.